The highest BCUT2D eigenvalue weighted by atomic mass is 16.5. The third-order valence-corrected chi connectivity index (χ3v) is 4.96. The van der Waals surface area contributed by atoms with Gasteiger partial charge in [-0.1, -0.05) is 34.9 Å². The molecule has 0 saturated carbocycles. The van der Waals surface area contributed by atoms with Crippen LogP contribution in [0.3, 0.4) is 0 Å². The maximum Gasteiger partial charge on any atom is 0.202 e. The van der Waals surface area contributed by atoms with Gasteiger partial charge in [-0.3, -0.25) is 4.79 Å². The van der Waals surface area contributed by atoms with E-state index in [4.69, 9.17) is 9.47 Å². The number of methoxy groups -OCH3 is 2. The van der Waals surface area contributed by atoms with Crippen LogP contribution >= 0.6 is 0 Å². The van der Waals surface area contributed by atoms with Gasteiger partial charge in [0.05, 0.1) is 14.2 Å². The summed E-state index contributed by atoms with van der Waals surface area (Å²) in [6, 6.07) is 0. The Morgan fingerprint density at radius 3 is 2.15 bits per heavy atom. The molecule has 1 aliphatic carbocycles. The first-order valence-electron chi connectivity index (χ1n) is 9.78. The van der Waals surface area contributed by atoms with E-state index in [2.05, 4.69) is 45.9 Å². The number of carbonyl (C=O) groups is 1. The Balaban J connectivity index is 2.54. The van der Waals surface area contributed by atoms with E-state index in [1.165, 1.54) is 30.9 Å². The molecule has 1 aliphatic rings. The van der Waals surface area contributed by atoms with Gasteiger partial charge in [0.1, 0.15) is 6.10 Å². The molecule has 4 heteroatoms. The third kappa shape index (κ3) is 7.76. The van der Waals surface area contributed by atoms with Crippen LogP contribution in [0.2, 0.25) is 0 Å². The van der Waals surface area contributed by atoms with Gasteiger partial charge in [0.2, 0.25) is 11.5 Å². The summed E-state index contributed by atoms with van der Waals surface area (Å²) in [6.07, 6.45) is 11.1. The minimum Gasteiger partial charge on any atom is -0.494 e. The number of hydrogen-bond donors (Lipinski definition) is 1. The lowest BCUT2D eigenvalue weighted by molar-refractivity contribution is -0.123. The van der Waals surface area contributed by atoms with Crippen molar-refractivity contribution < 1.29 is 19.4 Å². The molecule has 152 valence electrons. The van der Waals surface area contributed by atoms with E-state index in [1.807, 2.05) is 0 Å². The van der Waals surface area contributed by atoms with E-state index in [0.29, 0.717) is 6.42 Å². The number of ketones is 1. The van der Waals surface area contributed by atoms with E-state index in [-0.39, 0.29) is 29.6 Å². The number of carbonyl (C=O) groups excluding carboxylic acids is 1. The fourth-order valence-electron chi connectivity index (χ4n) is 3.26. The standard InChI is InChI=1S/C23H36O4/c1-16(2)9-7-10-17(3)11-8-12-18(4)13-14-19-15-20(24)22(26-5)23(27-6)21(19)25/h9,11,13,19,21,25H,7-8,10,12,14-15H2,1-6H3/b17-11+,18-13+/t19-,21?/m1/s1. The average molecular weight is 377 g/mol. The molecule has 0 spiro atoms. The summed E-state index contributed by atoms with van der Waals surface area (Å²) in [5.74, 6) is 0.128. The molecular formula is C23H36O4. The molecule has 0 saturated heterocycles. The minimum absolute atomic E-state index is 0.106. The van der Waals surface area contributed by atoms with Crippen molar-refractivity contribution in [3.63, 3.8) is 0 Å². The normalized spacial score (nSPS) is 21.4. The molecule has 27 heavy (non-hydrogen) atoms. The van der Waals surface area contributed by atoms with E-state index in [0.717, 1.165) is 25.7 Å². The van der Waals surface area contributed by atoms with Crippen molar-refractivity contribution in [2.75, 3.05) is 14.2 Å². The van der Waals surface area contributed by atoms with Gasteiger partial charge in [-0.25, -0.2) is 0 Å². The molecule has 0 bridgehead atoms. The first kappa shape index (κ1) is 23.2. The van der Waals surface area contributed by atoms with Crippen LogP contribution in [0.4, 0.5) is 0 Å². The molecule has 0 amide bonds. The maximum absolute atomic E-state index is 12.2. The fourth-order valence-corrected chi connectivity index (χ4v) is 3.26. The van der Waals surface area contributed by atoms with Gasteiger partial charge in [-0.2, -0.15) is 0 Å². The molecule has 0 aromatic heterocycles. The van der Waals surface area contributed by atoms with E-state index >= 15 is 0 Å². The summed E-state index contributed by atoms with van der Waals surface area (Å²) in [5, 5.41) is 10.5. The van der Waals surface area contributed by atoms with Gasteiger partial charge in [0, 0.05) is 12.3 Å². The van der Waals surface area contributed by atoms with E-state index in [1.54, 1.807) is 0 Å². The van der Waals surface area contributed by atoms with E-state index in [9.17, 15) is 9.90 Å². The molecule has 0 radical (unpaired) electrons. The van der Waals surface area contributed by atoms with Crippen molar-refractivity contribution >= 4 is 5.78 Å². The number of aliphatic hydroxyl groups is 1. The smallest absolute Gasteiger partial charge is 0.202 e. The highest BCUT2D eigenvalue weighted by molar-refractivity contribution is 5.95. The predicted octanol–water partition coefficient (Wildman–Crippen LogP) is 5.25. The van der Waals surface area contributed by atoms with Gasteiger partial charge in [0.15, 0.2) is 5.76 Å². The number of Topliss-reactive ketones (excluding diaryl/α,β-unsaturated/α-hetero) is 1. The van der Waals surface area contributed by atoms with Crippen molar-refractivity contribution in [1.82, 2.24) is 0 Å². The van der Waals surface area contributed by atoms with Gasteiger partial charge in [-0.15, -0.1) is 0 Å². The van der Waals surface area contributed by atoms with Crippen LogP contribution in [0.1, 0.15) is 66.2 Å². The Kier molecular flexibility index (Phi) is 10.2. The second-order valence-electron chi connectivity index (χ2n) is 7.63. The van der Waals surface area contributed by atoms with Crippen molar-refractivity contribution in [3.05, 3.63) is 46.5 Å². The third-order valence-electron chi connectivity index (χ3n) is 4.96. The van der Waals surface area contributed by atoms with Gasteiger partial charge >= 0.3 is 0 Å². The number of rotatable bonds is 10. The quantitative estimate of drug-likeness (QED) is 0.529. The van der Waals surface area contributed by atoms with Crippen molar-refractivity contribution in [2.45, 2.75) is 72.3 Å². The van der Waals surface area contributed by atoms with Gasteiger partial charge in [0.25, 0.3) is 0 Å². The summed E-state index contributed by atoms with van der Waals surface area (Å²) in [4.78, 5) is 12.2. The first-order valence-corrected chi connectivity index (χ1v) is 9.78. The van der Waals surface area contributed by atoms with Gasteiger partial charge in [-0.05, 0) is 59.8 Å². The molecule has 1 N–H and O–H groups in total. The molecule has 1 unspecified atom stereocenters. The predicted molar refractivity (Wildman–Crippen MR) is 110 cm³/mol. The summed E-state index contributed by atoms with van der Waals surface area (Å²) in [7, 11) is 2.89. The van der Waals surface area contributed by atoms with Gasteiger partial charge < -0.3 is 14.6 Å². The van der Waals surface area contributed by atoms with Crippen LogP contribution < -0.4 is 0 Å². The second kappa shape index (κ2) is 11.8. The monoisotopic (exact) mass is 376 g/mol. The first-order chi connectivity index (χ1) is 12.8. The summed E-state index contributed by atoms with van der Waals surface area (Å²) < 4.78 is 10.3. The zero-order chi connectivity index (χ0) is 20.4. The molecule has 0 fully saturated rings. The van der Waals surface area contributed by atoms with Crippen molar-refractivity contribution in [1.29, 1.82) is 0 Å². The van der Waals surface area contributed by atoms with E-state index < -0.39 is 6.10 Å². The lowest BCUT2D eigenvalue weighted by Crippen LogP contribution is -2.33. The number of hydrogen-bond acceptors (Lipinski definition) is 4. The highest BCUT2D eigenvalue weighted by Gasteiger charge is 2.36. The Hall–Kier alpha value is -1.81. The van der Waals surface area contributed by atoms with Crippen LogP contribution in [0.15, 0.2) is 46.5 Å². The maximum atomic E-state index is 12.2. The highest BCUT2D eigenvalue weighted by Crippen LogP contribution is 2.31. The Morgan fingerprint density at radius 2 is 1.59 bits per heavy atom. The van der Waals surface area contributed by atoms with Crippen LogP contribution in [0.5, 0.6) is 0 Å². The molecule has 0 aromatic rings. The van der Waals surface area contributed by atoms with Crippen LogP contribution in [0.25, 0.3) is 0 Å². The summed E-state index contributed by atoms with van der Waals surface area (Å²) in [6.45, 7) is 8.56. The topological polar surface area (TPSA) is 55.8 Å². The molecule has 0 heterocycles. The molecule has 2 atom stereocenters. The minimum atomic E-state index is -0.802. The summed E-state index contributed by atoms with van der Waals surface area (Å²) in [5.41, 5.74) is 4.08. The molecule has 0 aliphatic heterocycles. The molecule has 1 rings (SSSR count). The molecule has 0 aromatic carbocycles. The average Bonchev–Trinajstić information content (AvgIpc) is 2.61. The van der Waals surface area contributed by atoms with Crippen LogP contribution in [0, 0.1) is 5.92 Å². The second-order valence-corrected chi connectivity index (χ2v) is 7.63. The Labute approximate surface area is 164 Å². The fraction of sp³-hybridized carbons (Fsp3) is 0.609. The largest absolute Gasteiger partial charge is 0.494 e. The lowest BCUT2D eigenvalue weighted by atomic mass is 9.85. The lowest BCUT2D eigenvalue weighted by Gasteiger charge is -2.29. The van der Waals surface area contributed by atoms with Crippen LogP contribution in [-0.2, 0) is 14.3 Å². The Bertz CT molecular complexity index is 618. The Morgan fingerprint density at radius 1 is 1.00 bits per heavy atom. The number of allylic oxidation sites excluding steroid dienone is 7. The molecule has 4 nitrogen and oxygen atoms in total. The summed E-state index contributed by atoms with van der Waals surface area (Å²) >= 11 is 0. The molecular weight excluding hydrogens is 340 g/mol. The zero-order valence-electron chi connectivity index (χ0n) is 17.8. The van der Waals surface area contributed by atoms with Crippen molar-refractivity contribution in [2.24, 2.45) is 5.92 Å². The van der Waals surface area contributed by atoms with Crippen molar-refractivity contribution in [3.8, 4) is 0 Å². The zero-order valence-corrected chi connectivity index (χ0v) is 17.8. The SMILES string of the molecule is COC1=C(OC)C(O)[C@H](C/C=C(\C)CC/C=C(\C)CCC=C(C)C)CC1=O. The van der Waals surface area contributed by atoms with Crippen LogP contribution in [-0.4, -0.2) is 31.2 Å². The number of ether oxygens (including phenoxy) is 2. The number of aliphatic hydroxyl groups excluding tert-OH is 1.